The number of aryl methyl sites for hydroxylation is 1. The number of Topliss-reactive ketones (excluding diaryl/α,β-unsaturated/α-hetero) is 1. The summed E-state index contributed by atoms with van der Waals surface area (Å²) >= 11 is 1.19. The molecule has 146 valence electrons. The number of para-hydroxylation sites is 1. The second kappa shape index (κ2) is 8.05. The van der Waals surface area contributed by atoms with Crippen molar-refractivity contribution >= 4 is 17.5 Å². The van der Waals surface area contributed by atoms with Crippen molar-refractivity contribution < 1.29 is 13.6 Å². The lowest BCUT2D eigenvalue weighted by Crippen LogP contribution is -2.05. The summed E-state index contributed by atoms with van der Waals surface area (Å²) in [5.41, 5.74) is 4.23. The third-order valence-electron chi connectivity index (χ3n) is 4.57. The van der Waals surface area contributed by atoms with Crippen LogP contribution in [0.2, 0.25) is 0 Å². The minimum absolute atomic E-state index is 0.00758. The molecule has 4 rings (SSSR count). The van der Waals surface area contributed by atoms with Crippen LogP contribution >= 0.6 is 11.8 Å². The van der Waals surface area contributed by atoms with Gasteiger partial charge in [0.1, 0.15) is 5.82 Å². The Bertz CT molecular complexity index is 1150. The predicted molar refractivity (Wildman–Crippen MR) is 110 cm³/mol. The molecule has 0 saturated carbocycles. The monoisotopic (exact) mass is 407 g/mol. The summed E-state index contributed by atoms with van der Waals surface area (Å²) in [5.74, 6) is 0.139. The van der Waals surface area contributed by atoms with E-state index in [4.69, 9.17) is 4.42 Å². The average molecular weight is 407 g/mol. The molecule has 0 N–H and O–H groups in total. The molecule has 0 spiro atoms. The SMILES string of the molecule is Cc1cc(C(=O)CSc2nnc(-c3ccc(F)cc3)o2)c(C)n1-c1ccccc1. The summed E-state index contributed by atoms with van der Waals surface area (Å²) in [6.07, 6.45) is 0. The van der Waals surface area contributed by atoms with Crippen LogP contribution in [0.3, 0.4) is 0 Å². The molecule has 2 aromatic heterocycles. The molecule has 29 heavy (non-hydrogen) atoms. The highest BCUT2D eigenvalue weighted by molar-refractivity contribution is 7.99. The summed E-state index contributed by atoms with van der Waals surface area (Å²) in [6.45, 7) is 3.92. The molecule has 0 fully saturated rings. The molecule has 4 aromatic rings. The zero-order chi connectivity index (χ0) is 20.4. The Morgan fingerprint density at radius 3 is 2.52 bits per heavy atom. The van der Waals surface area contributed by atoms with E-state index in [1.807, 2.05) is 50.2 Å². The van der Waals surface area contributed by atoms with Gasteiger partial charge >= 0.3 is 0 Å². The van der Waals surface area contributed by atoms with E-state index in [0.29, 0.717) is 22.2 Å². The van der Waals surface area contributed by atoms with Crippen LogP contribution < -0.4 is 0 Å². The third-order valence-corrected chi connectivity index (χ3v) is 5.39. The molecule has 5 nitrogen and oxygen atoms in total. The number of thioether (sulfide) groups is 1. The number of carbonyl (C=O) groups is 1. The van der Waals surface area contributed by atoms with E-state index < -0.39 is 0 Å². The molecule has 0 aliphatic rings. The highest BCUT2D eigenvalue weighted by Gasteiger charge is 2.18. The molecule has 0 bridgehead atoms. The highest BCUT2D eigenvalue weighted by Crippen LogP contribution is 2.26. The number of aromatic nitrogens is 3. The van der Waals surface area contributed by atoms with Gasteiger partial charge in [-0.15, -0.1) is 10.2 Å². The predicted octanol–water partition coefficient (Wildman–Crippen LogP) is 5.26. The lowest BCUT2D eigenvalue weighted by atomic mass is 10.2. The van der Waals surface area contributed by atoms with Gasteiger partial charge in [-0.05, 0) is 56.3 Å². The van der Waals surface area contributed by atoms with Crippen molar-refractivity contribution in [3.63, 3.8) is 0 Å². The van der Waals surface area contributed by atoms with Crippen molar-refractivity contribution in [3.05, 3.63) is 83.4 Å². The van der Waals surface area contributed by atoms with Crippen molar-refractivity contribution in [2.75, 3.05) is 5.75 Å². The fourth-order valence-corrected chi connectivity index (χ4v) is 3.85. The first-order valence-corrected chi connectivity index (χ1v) is 10.0. The van der Waals surface area contributed by atoms with E-state index in [1.165, 1.54) is 23.9 Å². The molecule has 0 unspecified atom stereocenters. The maximum atomic E-state index is 13.0. The number of benzene rings is 2. The molecule has 0 saturated heterocycles. The molecule has 0 aliphatic heterocycles. The van der Waals surface area contributed by atoms with Crippen LogP contribution in [0, 0.1) is 19.7 Å². The number of halogens is 1. The number of hydrogen-bond donors (Lipinski definition) is 0. The topological polar surface area (TPSA) is 60.9 Å². The smallest absolute Gasteiger partial charge is 0.277 e. The van der Waals surface area contributed by atoms with Crippen LogP contribution in [0.1, 0.15) is 21.7 Å². The van der Waals surface area contributed by atoms with Gasteiger partial charge in [-0.3, -0.25) is 4.79 Å². The molecule has 2 heterocycles. The Balaban J connectivity index is 1.48. The summed E-state index contributed by atoms with van der Waals surface area (Å²) in [4.78, 5) is 12.8. The van der Waals surface area contributed by atoms with E-state index >= 15 is 0 Å². The van der Waals surface area contributed by atoms with Crippen LogP contribution in [-0.4, -0.2) is 26.3 Å². The van der Waals surface area contributed by atoms with Crippen LogP contribution in [0.4, 0.5) is 4.39 Å². The van der Waals surface area contributed by atoms with E-state index in [-0.39, 0.29) is 17.4 Å². The van der Waals surface area contributed by atoms with Crippen molar-refractivity contribution in [1.82, 2.24) is 14.8 Å². The average Bonchev–Trinajstić information content (AvgIpc) is 3.32. The van der Waals surface area contributed by atoms with Crippen LogP contribution in [0.25, 0.3) is 17.1 Å². The zero-order valence-corrected chi connectivity index (χ0v) is 16.7. The maximum absolute atomic E-state index is 13.0. The number of rotatable bonds is 6. The number of carbonyl (C=O) groups excluding carboxylic acids is 1. The summed E-state index contributed by atoms with van der Waals surface area (Å²) < 4.78 is 20.7. The minimum Gasteiger partial charge on any atom is -0.411 e. The molecule has 0 atom stereocenters. The molecular formula is C22H18FN3O2S. The van der Waals surface area contributed by atoms with Gasteiger partial charge < -0.3 is 8.98 Å². The van der Waals surface area contributed by atoms with E-state index in [1.54, 1.807) is 12.1 Å². The first-order chi connectivity index (χ1) is 14.0. The Morgan fingerprint density at radius 2 is 1.79 bits per heavy atom. The normalized spacial score (nSPS) is 11.0. The highest BCUT2D eigenvalue weighted by atomic mass is 32.2. The number of ketones is 1. The van der Waals surface area contributed by atoms with Crippen molar-refractivity contribution in [3.8, 4) is 17.1 Å². The van der Waals surface area contributed by atoms with E-state index in [0.717, 1.165) is 17.1 Å². The Hall–Kier alpha value is -3.19. The van der Waals surface area contributed by atoms with E-state index in [2.05, 4.69) is 14.8 Å². The minimum atomic E-state index is -0.332. The zero-order valence-electron chi connectivity index (χ0n) is 15.9. The largest absolute Gasteiger partial charge is 0.411 e. The van der Waals surface area contributed by atoms with Gasteiger partial charge in [0.15, 0.2) is 5.78 Å². The molecule has 7 heteroatoms. The standard InChI is InChI=1S/C22H18FN3O2S/c1-14-12-19(15(2)26(14)18-6-4-3-5-7-18)20(27)13-29-22-25-24-21(28-22)16-8-10-17(23)11-9-16/h3-12H,13H2,1-2H3. The van der Waals surface area contributed by atoms with Crippen molar-refractivity contribution in [2.24, 2.45) is 0 Å². The molecule has 0 radical (unpaired) electrons. The summed E-state index contributed by atoms with van der Waals surface area (Å²) in [7, 11) is 0. The number of nitrogens with zero attached hydrogens (tertiary/aromatic N) is 3. The fourth-order valence-electron chi connectivity index (χ4n) is 3.20. The van der Waals surface area contributed by atoms with Gasteiger partial charge in [-0.25, -0.2) is 4.39 Å². The summed E-state index contributed by atoms with van der Waals surface area (Å²) in [5, 5.41) is 8.24. The second-order valence-corrected chi connectivity index (χ2v) is 7.47. The molecular weight excluding hydrogens is 389 g/mol. The van der Waals surface area contributed by atoms with Crippen molar-refractivity contribution in [2.45, 2.75) is 19.1 Å². The number of hydrogen-bond acceptors (Lipinski definition) is 5. The third kappa shape index (κ3) is 4.00. The Kier molecular flexibility index (Phi) is 5.31. The van der Waals surface area contributed by atoms with Gasteiger partial charge in [0.25, 0.3) is 5.22 Å². The second-order valence-electron chi connectivity index (χ2n) is 6.55. The Morgan fingerprint density at radius 1 is 1.07 bits per heavy atom. The first-order valence-electron chi connectivity index (χ1n) is 9.03. The molecule has 0 amide bonds. The van der Waals surface area contributed by atoms with Crippen LogP contribution in [0.15, 0.2) is 70.3 Å². The fraction of sp³-hybridized carbons (Fsp3) is 0.136. The molecule has 0 aliphatic carbocycles. The lowest BCUT2D eigenvalue weighted by molar-refractivity contribution is 0.102. The molecule has 2 aromatic carbocycles. The maximum Gasteiger partial charge on any atom is 0.277 e. The van der Waals surface area contributed by atoms with Crippen LogP contribution in [0.5, 0.6) is 0 Å². The quantitative estimate of drug-likeness (QED) is 0.322. The van der Waals surface area contributed by atoms with Crippen LogP contribution in [-0.2, 0) is 0 Å². The first kappa shape index (κ1) is 19.1. The van der Waals surface area contributed by atoms with Crippen molar-refractivity contribution in [1.29, 1.82) is 0 Å². The lowest BCUT2D eigenvalue weighted by Gasteiger charge is -2.09. The van der Waals surface area contributed by atoms with Gasteiger partial charge in [0.2, 0.25) is 5.89 Å². The van der Waals surface area contributed by atoms with Gasteiger partial charge in [-0.2, -0.15) is 0 Å². The van der Waals surface area contributed by atoms with Gasteiger partial charge in [0, 0.05) is 28.2 Å². The summed E-state index contributed by atoms with van der Waals surface area (Å²) in [6, 6.07) is 17.6. The van der Waals surface area contributed by atoms with Gasteiger partial charge in [-0.1, -0.05) is 30.0 Å². The van der Waals surface area contributed by atoms with Gasteiger partial charge in [0.05, 0.1) is 5.75 Å². The van der Waals surface area contributed by atoms with E-state index in [9.17, 15) is 9.18 Å². The Labute approximate surface area is 171 Å².